The molecule has 4 rings (SSSR count). The Morgan fingerprint density at radius 1 is 1.15 bits per heavy atom. The zero-order valence-corrected chi connectivity index (χ0v) is 19.9. The van der Waals surface area contributed by atoms with Crippen LogP contribution in [0.4, 0.5) is 0 Å². The maximum Gasteiger partial charge on any atom is 0.262 e. The van der Waals surface area contributed by atoms with Crippen LogP contribution in [0.2, 0.25) is 0 Å². The van der Waals surface area contributed by atoms with Gasteiger partial charge in [-0.2, -0.15) is 5.10 Å². The lowest BCUT2D eigenvalue weighted by atomic mass is 9.99. The van der Waals surface area contributed by atoms with Gasteiger partial charge in [0, 0.05) is 39.2 Å². The van der Waals surface area contributed by atoms with E-state index in [0.717, 1.165) is 42.7 Å². The molecule has 1 fully saturated rings. The van der Waals surface area contributed by atoms with Crippen molar-refractivity contribution in [1.29, 1.82) is 0 Å². The standard InChI is InChI=1S/C26H34N4O3/c1-19-10-12-20(13-11-19)24-17-22(23-9-6-14-28(23)2)27-30(24)25(31)18-29(15-16-33-3)26(32)21-7-4-5-8-21/h6,9-14,21,24H,4-5,7-8,15-18H2,1-3H3. The highest BCUT2D eigenvalue weighted by molar-refractivity contribution is 6.02. The summed E-state index contributed by atoms with van der Waals surface area (Å²) in [6.45, 7) is 2.89. The van der Waals surface area contributed by atoms with E-state index in [2.05, 4.69) is 31.2 Å². The minimum absolute atomic E-state index is 0.0172. The molecule has 1 atom stereocenters. The number of nitrogens with zero attached hydrogens (tertiary/aromatic N) is 4. The van der Waals surface area contributed by atoms with E-state index >= 15 is 0 Å². The molecule has 0 spiro atoms. The molecule has 33 heavy (non-hydrogen) atoms. The fourth-order valence-corrected chi connectivity index (χ4v) is 4.84. The Bertz CT molecular complexity index is 1000. The number of carbonyl (C=O) groups is 2. The molecule has 1 aliphatic heterocycles. The predicted octanol–water partition coefficient (Wildman–Crippen LogP) is 3.68. The van der Waals surface area contributed by atoms with Gasteiger partial charge in [0.2, 0.25) is 5.91 Å². The van der Waals surface area contributed by atoms with Crippen LogP contribution in [0.25, 0.3) is 0 Å². The van der Waals surface area contributed by atoms with Gasteiger partial charge in [-0.05, 0) is 37.5 Å². The van der Waals surface area contributed by atoms with E-state index in [-0.39, 0.29) is 30.3 Å². The first kappa shape index (κ1) is 23.2. The van der Waals surface area contributed by atoms with Gasteiger partial charge < -0.3 is 14.2 Å². The van der Waals surface area contributed by atoms with Gasteiger partial charge in [0.05, 0.1) is 24.1 Å². The van der Waals surface area contributed by atoms with E-state index in [1.165, 1.54) is 5.56 Å². The quantitative estimate of drug-likeness (QED) is 0.616. The summed E-state index contributed by atoms with van der Waals surface area (Å²) in [5, 5.41) is 6.36. The van der Waals surface area contributed by atoms with Crippen molar-refractivity contribution in [2.24, 2.45) is 18.1 Å². The molecule has 2 aromatic rings. The van der Waals surface area contributed by atoms with E-state index in [4.69, 9.17) is 9.84 Å². The van der Waals surface area contributed by atoms with Crippen molar-refractivity contribution in [3.63, 3.8) is 0 Å². The number of hydrazone groups is 1. The molecule has 176 valence electrons. The zero-order valence-electron chi connectivity index (χ0n) is 19.9. The van der Waals surface area contributed by atoms with Gasteiger partial charge in [0.25, 0.3) is 5.91 Å². The van der Waals surface area contributed by atoms with Crippen molar-refractivity contribution < 1.29 is 14.3 Å². The molecule has 1 saturated carbocycles. The third-order valence-electron chi connectivity index (χ3n) is 6.77. The molecule has 2 heterocycles. The number of carbonyl (C=O) groups excluding carboxylic acids is 2. The number of aryl methyl sites for hydroxylation is 2. The summed E-state index contributed by atoms with van der Waals surface area (Å²) >= 11 is 0. The van der Waals surface area contributed by atoms with Crippen LogP contribution in [0.15, 0.2) is 47.7 Å². The Hall–Kier alpha value is -2.93. The smallest absolute Gasteiger partial charge is 0.262 e. The number of ether oxygens (including phenoxy) is 1. The number of hydrogen-bond acceptors (Lipinski definition) is 4. The van der Waals surface area contributed by atoms with Gasteiger partial charge in [0.1, 0.15) is 6.54 Å². The lowest BCUT2D eigenvalue weighted by molar-refractivity contribution is -0.144. The molecule has 0 N–H and O–H groups in total. The molecule has 0 saturated heterocycles. The molecule has 1 unspecified atom stereocenters. The van der Waals surface area contributed by atoms with Gasteiger partial charge in [-0.25, -0.2) is 5.01 Å². The number of rotatable bonds is 8. The van der Waals surface area contributed by atoms with Crippen LogP contribution in [0.1, 0.15) is 55.0 Å². The largest absolute Gasteiger partial charge is 0.383 e. The van der Waals surface area contributed by atoms with Crippen LogP contribution in [-0.4, -0.2) is 58.8 Å². The second-order valence-electron chi connectivity index (χ2n) is 9.15. The zero-order chi connectivity index (χ0) is 23.4. The van der Waals surface area contributed by atoms with Crippen molar-refractivity contribution in [3.05, 3.63) is 59.4 Å². The van der Waals surface area contributed by atoms with Crippen molar-refractivity contribution in [3.8, 4) is 0 Å². The van der Waals surface area contributed by atoms with Crippen LogP contribution < -0.4 is 0 Å². The Balaban J connectivity index is 1.58. The van der Waals surface area contributed by atoms with Crippen LogP contribution >= 0.6 is 0 Å². The summed E-state index contributed by atoms with van der Waals surface area (Å²) in [6.07, 6.45) is 6.59. The van der Waals surface area contributed by atoms with Crippen LogP contribution in [0.5, 0.6) is 0 Å². The maximum atomic E-state index is 13.6. The van der Waals surface area contributed by atoms with Gasteiger partial charge >= 0.3 is 0 Å². The molecular weight excluding hydrogens is 416 g/mol. The number of methoxy groups -OCH3 is 1. The first-order valence-electron chi connectivity index (χ1n) is 11.8. The number of hydrogen-bond donors (Lipinski definition) is 0. The monoisotopic (exact) mass is 450 g/mol. The summed E-state index contributed by atoms with van der Waals surface area (Å²) in [7, 11) is 3.60. The lowest BCUT2D eigenvalue weighted by Crippen LogP contribution is -2.44. The maximum absolute atomic E-state index is 13.6. The van der Waals surface area contributed by atoms with E-state index in [1.807, 2.05) is 29.9 Å². The lowest BCUT2D eigenvalue weighted by Gasteiger charge is -2.28. The van der Waals surface area contributed by atoms with Crippen molar-refractivity contribution in [1.82, 2.24) is 14.5 Å². The number of benzene rings is 1. The Morgan fingerprint density at radius 2 is 1.88 bits per heavy atom. The molecule has 1 aromatic heterocycles. The topological polar surface area (TPSA) is 67.1 Å². The third kappa shape index (κ3) is 5.19. The summed E-state index contributed by atoms with van der Waals surface area (Å²) in [5.74, 6) is -0.0774. The van der Waals surface area contributed by atoms with E-state index in [0.29, 0.717) is 19.6 Å². The minimum atomic E-state index is -0.186. The fraction of sp³-hybridized carbons (Fsp3) is 0.500. The summed E-state index contributed by atoms with van der Waals surface area (Å²) in [4.78, 5) is 28.4. The fourth-order valence-electron chi connectivity index (χ4n) is 4.84. The van der Waals surface area contributed by atoms with Crippen molar-refractivity contribution >= 4 is 17.5 Å². The average Bonchev–Trinajstić information content (AvgIpc) is 3.57. The molecule has 7 heteroatoms. The highest BCUT2D eigenvalue weighted by Crippen LogP contribution is 2.33. The summed E-state index contributed by atoms with van der Waals surface area (Å²) < 4.78 is 7.25. The SMILES string of the molecule is COCCN(CC(=O)N1N=C(c2cccn2C)CC1c1ccc(C)cc1)C(=O)C1CCCC1. The Kier molecular flexibility index (Phi) is 7.28. The second-order valence-corrected chi connectivity index (χ2v) is 9.15. The van der Waals surface area contributed by atoms with E-state index < -0.39 is 0 Å². The van der Waals surface area contributed by atoms with Crippen molar-refractivity contribution in [2.75, 3.05) is 26.8 Å². The van der Waals surface area contributed by atoms with Crippen LogP contribution in [-0.2, 0) is 21.4 Å². The van der Waals surface area contributed by atoms with Gasteiger partial charge in [-0.3, -0.25) is 9.59 Å². The summed E-state index contributed by atoms with van der Waals surface area (Å²) in [6, 6.07) is 12.1. The molecule has 2 amide bonds. The molecule has 0 bridgehead atoms. The second kappa shape index (κ2) is 10.3. The predicted molar refractivity (Wildman–Crippen MR) is 128 cm³/mol. The summed E-state index contributed by atoms with van der Waals surface area (Å²) in [5.41, 5.74) is 4.10. The Labute approximate surface area is 196 Å². The molecule has 7 nitrogen and oxygen atoms in total. The van der Waals surface area contributed by atoms with E-state index in [9.17, 15) is 9.59 Å². The minimum Gasteiger partial charge on any atom is -0.383 e. The average molecular weight is 451 g/mol. The highest BCUT2D eigenvalue weighted by atomic mass is 16.5. The van der Waals surface area contributed by atoms with Crippen LogP contribution in [0.3, 0.4) is 0 Å². The molecule has 0 radical (unpaired) electrons. The molecule has 1 aliphatic carbocycles. The third-order valence-corrected chi connectivity index (χ3v) is 6.77. The number of amides is 2. The van der Waals surface area contributed by atoms with Crippen LogP contribution in [0, 0.1) is 12.8 Å². The van der Waals surface area contributed by atoms with E-state index in [1.54, 1.807) is 17.0 Å². The Morgan fingerprint density at radius 3 is 2.52 bits per heavy atom. The van der Waals surface area contributed by atoms with Gasteiger partial charge in [-0.15, -0.1) is 0 Å². The molecule has 2 aliphatic rings. The number of aromatic nitrogens is 1. The van der Waals surface area contributed by atoms with Crippen molar-refractivity contribution in [2.45, 2.75) is 45.1 Å². The highest BCUT2D eigenvalue weighted by Gasteiger charge is 2.36. The molecule has 1 aromatic carbocycles. The first-order chi connectivity index (χ1) is 16.0. The first-order valence-corrected chi connectivity index (χ1v) is 11.8. The molecular formula is C26H34N4O3. The van der Waals surface area contributed by atoms with Gasteiger partial charge in [0.15, 0.2) is 0 Å². The van der Waals surface area contributed by atoms with Gasteiger partial charge in [-0.1, -0.05) is 42.7 Å². The normalized spacial score (nSPS) is 18.6.